The van der Waals surface area contributed by atoms with Crippen LogP contribution in [-0.2, 0) is 4.79 Å². The van der Waals surface area contributed by atoms with Gasteiger partial charge in [-0.15, -0.1) is 0 Å². The van der Waals surface area contributed by atoms with Crippen molar-refractivity contribution in [2.75, 3.05) is 36.4 Å². The Labute approximate surface area is 142 Å². The minimum absolute atomic E-state index is 0.0324. The number of aromatic nitrogens is 2. The lowest BCUT2D eigenvalue weighted by Gasteiger charge is -2.37. The zero-order valence-corrected chi connectivity index (χ0v) is 14.1. The van der Waals surface area contributed by atoms with E-state index in [1.165, 1.54) is 0 Å². The van der Waals surface area contributed by atoms with Crippen LogP contribution in [0.5, 0.6) is 0 Å². The molecule has 0 aliphatic carbocycles. The first-order valence-electron chi connectivity index (χ1n) is 8.27. The number of hydrogen-bond donors (Lipinski definition) is 1. The van der Waals surface area contributed by atoms with Crippen LogP contribution in [0.3, 0.4) is 0 Å². The molecule has 1 fully saturated rings. The number of carbonyl (C=O) groups is 1. The summed E-state index contributed by atoms with van der Waals surface area (Å²) in [5, 5.41) is 3.00. The minimum Gasteiger partial charge on any atom is -0.338 e. The van der Waals surface area contributed by atoms with Crippen LogP contribution in [0.1, 0.15) is 12.5 Å². The third-order valence-corrected chi connectivity index (χ3v) is 4.36. The summed E-state index contributed by atoms with van der Waals surface area (Å²) < 4.78 is 0. The average molecular weight is 325 g/mol. The van der Waals surface area contributed by atoms with Crippen LogP contribution in [0, 0.1) is 6.92 Å². The summed E-state index contributed by atoms with van der Waals surface area (Å²) in [6, 6.07) is 9.53. The van der Waals surface area contributed by atoms with Crippen LogP contribution >= 0.6 is 0 Å². The van der Waals surface area contributed by atoms with Crippen LogP contribution in [-0.4, -0.2) is 53.0 Å². The van der Waals surface area contributed by atoms with Gasteiger partial charge < -0.3 is 10.2 Å². The summed E-state index contributed by atoms with van der Waals surface area (Å²) in [4.78, 5) is 25.4. The minimum atomic E-state index is -0.163. The lowest BCUT2D eigenvalue weighted by atomic mass is 10.2. The third-order valence-electron chi connectivity index (χ3n) is 4.36. The van der Waals surface area contributed by atoms with E-state index in [2.05, 4.69) is 25.1 Å². The summed E-state index contributed by atoms with van der Waals surface area (Å²) in [6.07, 6.45) is 3.51. The van der Waals surface area contributed by atoms with Crippen molar-refractivity contribution in [3.8, 4) is 0 Å². The highest BCUT2D eigenvalue weighted by Crippen LogP contribution is 2.14. The number of benzene rings is 1. The van der Waals surface area contributed by atoms with E-state index in [0.29, 0.717) is 0 Å². The summed E-state index contributed by atoms with van der Waals surface area (Å²) in [5.74, 6) is 0.791. The van der Waals surface area contributed by atoms with Gasteiger partial charge in [-0.3, -0.25) is 9.69 Å². The van der Waals surface area contributed by atoms with Crippen LogP contribution in [0.15, 0.2) is 42.7 Å². The predicted molar refractivity (Wildman–Crippen MR) is 95.1 cm³/mol. The van der Waals surface area contributed by atoms with Gasteiger partial charge in [0.25, 0.3) is 0 Å². The monoisotopic (exact) mass is 325 g/mol. The van der Waals surface area contributed by atoms with Crippen LogP contribution in [0.4, 0.5) is 11.6 Å². The maximum Gasteiger partial charge on any atom is 0.241 e. The first-order chi connectivity index (χ1) is 11.6. The highest BCUT2D eigenvalue weighted by Gasteiger charge is 2.26. The lowest BCUT2D eigenvalue weighted by molar-refractivity contribution is -0.120. The number of rotatable bonds is 4. The van der Waals surface area contributed by atoms with Gasteiger partial charge in [0, 0.05) is 44.3 Å². The van der Waals surface area contributed by atoms with Gasteiger partial charge in [-0.05, 0) is 37.6 Å². The molecule has 1 N–H and O–H groups in total. The van der Waals surface area contributed by atoms with Crippen LogP contribution in [0.2, 0.25) is 0 Å². The van der Waals surface area contributed by atoms with E-state index in [1.54, 1.807) is 12.4 Å². The highest BCUT2D eigenvalue weighted by atomic mass is 16.2. The summed E-state index contributed by atoms with van der Waals surface area (Å²) in [5.41, 5.74) is 1.99. The van der Waals surface area contributed by atoms with Gasteiger partial charge in [0.05, 0.1) is 6.04 Å². The first-order valence-corrected chi connectivity index (χ1v) is 8.27. The van der Waals surface area contributed by atoms with Crippen molar-refractivity contribution < 1.29 is 4.79 Å². The molecule has 1 aromatic heterocycles. The van der Waals surface area contributed by atoms with E-state index in [4.69, 9.17) is 0 Å². The Balaban J connectivity index is 1.55. The topological polar surface area (TPSA) is 61.4 Å². The Morgan fingerprint density at radius 2 is 1.83 bits per heavy atom. The summed E-state index contributed by atoms with van der Waals surface area (Å²) >= 11 is 0. The largest absolute Gasteiger partial charge is 0.338 e. The van der Waals surface area contributed by atoms with Gasteiger partial charge in [0.2, 0.25) is 11.9 Å². The van der Waals surface area contributed by atoms with Crippen LogP contribution in [0.25, 0.3) is 0 Å². The molecule has 6 heteroatoms. The Hall–Kier alpha value is -2.47. The number of nitrogens with one attached hydrogen (secondary N) is 1. The van der Waals surface area contributed by atoms with Gasteiger partial charge in [-0.2, -0.15) is 0 Å². The fourth-order valence-corrected chi connectivity index (χ4v) is 2.90. The van der Waals surface area contributed by atoms with Crippen molar-refractivity contribution in [1.29, 1.82) is 0 Å². The van der Waals surface area contributed by atoms with Crippen molar-refractivity contribution in [3.05, 3.63) is 48.3 Å². The Morgan fingerprint density at radius 1 is 1.12 bits per heavy atom. The Bertz CT molecular complexity index is 683. The van der Waals surface area contributed by atoms with Crippen molar-refractivity contribution >= 4 is 17.5 Å². The predicted octanol–water partition coefficient (Wildman–Crippen LogP) is 1.93. The molecule has 1 saturated heterocycles. The van der Waals surface area contributed by atoms with Crippen molar-refractivity contribution in [2.45, 2.75) is 19.9 Å². The number of amides is 1. The Morgan fingerprint density at radius 3 is 2.50 bits per heavy atom. The van der Waals surface area contributed by atoms with Gasteiger partial charge in [-0.1, -0.05) is 12.1 Å². The van der Waals surface area contributed by atoms with Gasteiger partial charge in [-0.25, -0.2) is 9.97 Å². The van der Waals surface area contributed by atoms with E-state index >= 15 is 0 Å². The van der Waals surface area contributed by atoms with Gasteiger partial charge >= 0.3 is 0 Å². The SMILES string of the molecule is Cc1cccc(NC(=O)C(C)N2CCN(c3ncccn3)CC2)c1. The molecule has 0 radical (unpaired) electrons. The van der Waals surface area contributed by atoms with E-state index in [1.807, 2.05) is 44.2 Å². The number of piperazine rings is 1. The quantitative estimate of drug-likeness (QED) is 0.931. The molecule has 24 heavy (non-hydrogen) atoms. The molecule has 1 aromatic carbocycles. The van der Waals surface area contributed by atoms with Gasteiger partial charge in [0.15, 0.2) is 0 Å². The molecule has 1 amide bonds. The maximum absolute atomic E-state index is 12.5. The number of aryl methyl sites for hydroxylation is 1. The molecule has 1 aliphatic heterocycles. The number of hydrogen-bond acceptors (Lipinski definition) is 5. The van der Waals surface area contributed by atoms with E-state index in [9.17, 15) is 4.79 Å². The van der Waals surface area contributed by atoms with E-state index in [-0.39, 0.29) is 11.9 Å². The zero-order valence-electron chi connectivity index (χ0n) is 14.1. The van der Waals surface area contributed by atoms with Crippen molar-refractivity contribution in [3.63, 3.8) is 0 Å². The first kappa shape index (κ1) is 16.4. The maximum atomic E-state index is 12.5. The molecule has 1 aliphatic rings. The molecule has 0 bridgehead atoms. The molecule has 6 nitrogen and oxygen atoms in total. The second-order valence-corrected chi connectivity index (χ2v) is 6.11. The third kappa shape index (κ3) is 3.89. The molecule has 3 rings (SSSR count). The second kappa shape index (κ2) is 7.40. The zero-order chi connectivity index (χ0) is 16.9. The standard InChI is InChI=1S/C18H23N5O/c1-14-5-3-6-16(13-14)21-17(24)15(2)22-9-11-23(12-10-22)18-19-7-4-8-20-18/h3-8,13,15H,9-12H2,1-2H3,(H,21,24). The molecule has 2 heterocycles. The molecule has 0 spiro atoms. The average Bonchev–Trinajstić information content (AvgIpc) is 2.62. The molecule has 1 unspecified atom stereocenters. The summed E-state index contributed by atoms with van der Waals surface area (Å²) in [7, 11) is 0. The van der Waals surface area contributed by atoms with Crippen molar-refractivity contribution in [1.82, 2.24) is 14.9 Å². The summed E-state index contributed by atoms with van der Waals surface area (Å²) in [6.45, 7) is 7.27. The second-order valence-electron chi connectivity index (χ2n) is 6.11. The molecule has 2 aromatic rings. The van der Waals surface area contributed by atoms with E-state index in [0.717, 1.165) is 43.4 Å². The van der Waals surface area contributed by atoms with E-state index < -0.39 is 0 Å². The molecular weight excluding hydrogens is 302 g/mol. The van der Waals surface area contributed by atoms with Gasteiger partial charge in [0.1, 0.15) is 0 Å². The molecular formula is C18H23N5O. The number of anilines is 2. The molecule has 126 valence electrons. The highest BCUT2D eigenvalue weighted by molar-refractivity contribution is 5.94. The smallest absolute Gasteiger partial charge is 0.241 e. The van der Waals surface area contributed by atoms with Crippen LogP contribution < -0.4 is 10.2 Å². The fraction of sp³-hybridized carbons (Fsp3) is 0.389. The lowest BCUT2D eigenvalue weighted by Crippen LogP contribution is -2.53. The van der Waals surface area contributed by atoms with Crippen molar-refractivity contribution in [2.24, 2.45) is 0 Å². The number of nitrogens with zero attached hydrogens (tertiary/aromatic N) is 4. The molecule has 1 atom stereocenters. The fourth-order valence-electron chi connectivity index (χ4n) is 2.90. The normalized spacial score (nSPS) is 16.7. The molecule has 0 saturated carbocycles. The Kier molecular flexibility index (Phi) is 5.05. The number of carbonyl (C=O) groups excluding carboxylic acids is 1.